The number of hydrogen-bond acceptors (Lipinski definition) is 5. The highest BCUT2D eigenvalue weighted by molar-refractivity contribution is 6.10. The monoisotopic (exact) mass is 405 g/mol. The number of carbonyl (C=O) groups is 2. The van der Waals surface area contributed by atoms with Crippen LogP contribution in [0.2, 0.25) is 0 Å². The number of hydrogen-bond donors (Lipinski definition) is 2. The van der Waals surface area contributed by atoms with Crippen molar-refractivity contribution in [1.82, 2.24) is 0 Å². The van der Waals surface area contributed by atoms with Crippen molar-refractivity contribution in [2.24, 2.45) is 0 Å². The van der Waals surface area contributed by atoms with E-state index in [9.17, 15) is 19.7 Å². The molecule has 0 unspecified atom stereocenters. The summed E-state index contributed by atoms with van der Waals surface area (Å²) in [6.07, 6.45) is 0. The molecule has 8 nitrogen and oxygen atoms in total. The third-order valence-electron chi connectivity index (χ3n) is 4.12. The first kappa shape index (κ1) is 20.5. The van der Waals surface area contributed by atoms with E-state index in [0.717, 1.165) is 5.56 Å². The van der Waals surface area contributed by atoms with Crippen LogP contribution >= 0.6 is 0 Å². The van der Waals surface area contributed by atoms with Crippen LogP contribution in [-0.4, -0.2) is 23.3 Å². The van der Waals surface area contributed by atoms with Gasteiger partial charge in [0, 0.05) is 11.8 Å². The van der Waals surface area contributed by atoms with Crippen LogP contribution in [0.25, 0.3) is 0 Å². The van der Waals surface area contributed by atoms with E-state index in [4.69, 9.17) is 4.74 Å². The van der Waals surface area contributed by atoms with Crippen LogP contribution in [0.15, 0.2) is 72.8 Å². The predicted molar refractivity (Wildman–Crippen MR) is 113 cm³/mol. The van der Waals surface area contributed by atoms with E-state index in [1.165, 1.54) is 24.3 Å². The van der Waals surface area contributed by atoms with E-state index in [0.29, 0.717) is 16.9 Å². The van der Waals surface area contributed by atoms with Gasteiger partial charge in [-0.2, -0.15) is 0 Å². The molecular weight excluding hydrogens is 386 g/mol. The van der Waals surface area contributed by atoms with Crippen LogP contribution in [0.3, 0.4) is 0 Å². The maximum absolute atomic E-state index is 12.7. The molecule has 0 bridgehead atoms. The number of nitrogens with zero attached hydrogens (tertiary/aromatic N) is 1. The molecule has 3 rings (SSSR count). The third-order valence-corrected chi connectivity index (χ3v) is 4.12. The molecule has 0 saturated carbocycles. The number of para-hydroxylation sites is 1. The Morgan fingerprint density at radius 3 is 2.50 bits per heavy atom. The molecule has 0 aliphatic heterocycles. The molecule has 0 atom stereocenters. The average Bonchev–Trinajstić information content (AvgIpc) is 2.73. The second kappa shape index (κ2) is 9.33. The maximum Gasteiger partial charge on any atom is 0.273 e. The smallest absolute Gasteiger partial charge is 0.273 e. The molecule has 2 amide bonds. The van der Waals surface area contributed by atoms with Gasteiger partial charge in [0.2, 0.25) is 0 Å². The standard InChI is InChI=1S/C22H19N3O5/c1-15-6-4-7-16(12-15)23-22(27)19-10-2-3-11-20(19)24-21(26)14-30-18-9-5-8-17(13-18)25(28)29/h2-13H,14H2,1H3,(H,23,27)(H,24,26). The summed E-state index contributed by atoms with van der Waals surface area (Å²) in [5, 5.41) is 16.3. The van der Waals surface area contributed by atoms with Crippen molar-refractivity contribution in [2.75, 3.05) is 17.2 Å². The molecule has 152 valence electrons. The molecule has 3 aromatic rings. The lowest BCUT2D eigenvalue weighted by molar-refractivity contribution is -0.384. The molecule has 0 radical (unpaired) electrons. The van der Waals surface area contributed by atoms with Gasteiger partial charge >= 0.3 is 0 Å². The van der Waals surface area contributed by atoms with Crippen LogP contribution in [-0.2, 0) is 4.79 Å². The Morgan fingerprint density at radius 2 is 1.73 bits per heavy atom. The van der Waals surface area contributed by atoms with Crippen LogP contribution in [0.1, 0.15) is 15.9 Å². The third kappa shape index (κ3) is 5.41. The van der Waals surface area contributed by atoms with Crippen molar-refractivity contribution in [2.45, 2.75) is 6.92 Å². The van der Waals surface area contributed by atoms with Gasteiger partial charge in [-0.3, -0.25) is 19.7 Å². The Hall–Kier alpha value is -4.20. The van der Waals surface area contributed by atoms with Gasteiger partial charge < -0.3 is 15.4 Å². The minimum Gasteiger partial charge on any atom is -0.484 e. The fourth-order valence-corrected chi connectivity index (χ4v) is 2.73. The normalized spacial score (nSPS) is 10.2. The predicted octanol–water partition coefficient (Wildman–Crippen LogP) is 4.17. The van der Waals surface area contributed by atoms with Gasteiger partial charge in [0.1, 0.15) is 5.75 Å². The number of aryl methyl sites for hydroxylation is 1. The Kier molecular flexibility index (Phi) is 6.39. The number of benzene rings is 3. The average molecular weight is 405 g/mol. The van der Waals surface area contributed by atoms with Crippen LogP contribution in [0, 0.1) is 17.0 Å². The molecule has 0 heterocycles. The molecule has 0 spiro atoms. The Labute approximate surface area is 172 Å². The molecule has 0 aliphatic rings. The summed E-state index contributed by atoms with van der Waals surface area (Å²) in [5.41, 5.74) is 2.15. The molecule has 3 aromatic carbocycles. The summed E-state index contributed by atoms with van der Waals surface area (Å²) in [5.74, 6) is -0.668. The van der Waals surface area contributed by atoms with Gasteiger partial charge in [-0.05, 0) is 42.8 Å². The van der Waals surface area contributed by atoms with E-state index in [1.807, 2.05) is 25.1 Å². The van der Waals surface area contributed by atoms with E-state index >= 15 is 0 Å². The molecule has 0 fully saturated rings. The van der Waals surface area contributed by atoms with Crippen molar-refractivity contribution in [1.29, 1.82) is 0 Å². The highest BCUT2D eigenvalue weighted by atomic mass is 16.6. The topological polar surface area (TPSA) is 111 Å². The number of amides is 2. The quantitative estimate of drug-likeness (QED) is 0.453. The molecule has 2 N–H and O–H groups in total. The van der Waals surface area contributed by atoms with Crippen LogP contribution < -0.4 is 15.4 Å². The molecule has 0 saturated heterocycles. The number of carbonyl (C=O) groups excluding carboxylic acids is 2. The number of nitro benzene ring substituents is 1. The fraction of sp³-hybridized carbons (Fsp3) is 0.0909. The Morgan fingerprint density at radius 1 is 0.967 bits per heavy atom. The van der Waals surface area contributed by atoms with Crippen molar-refractivity contribution in [3.8, 4) is 5.75 Å². The summed E-state index contributed by atoms with van der Waals surface area (Å²) >= 11 is 0. The van der Waals surface area contributed by atoms with Crippen molar-refractivity contribution in [3.05, 3.63) is 94.0 Å². The zero-order valence-electron chi connectivity index (χ0n) is 16.1. The lowest BCUT2D eigenvalue weighted by atomic mass is 10.1. The van der Waals surface area contributed by atoms with Crippen molar-refractivity contribution in [3.63, 3.8) is 0 Å². The van der Waals surface area contributed by atoms with E-state index < -0.39 is 10.8 Å². The first-order chi connectivity index (χ1) is 14.4. The lowest BCUT2D eigenvalue weighted by Gasteiger charge is -2.12. The first-order valence-electron chi connectivity index (χ1n) is 9.06. The van der Waals surface area contributed by atoms with Gasteiger partial charge in [-0.1, -0.05) is 30.3 Å². The van der Waals surface area contributed by atoms with Gasteiger partial charge in [0.15, 0.2) is 6.61 Å². The number of anilines is 2. The van der Waals surface area contributed by atoms with Gasteiger partial charge in [-0.15, -0.1) is 0 Å². The van der Waals surface area contributed by atoms with Crippen molar-refractivity contribution >= 4 is 28.9 Å². The van der Waals surface area contributed by atoms with Gasteiger partial charge in [0.25, 0.3) is 17.5 Å². The van der Waals surface area contributed by atoms with E-state index in [1.54, 1.807) is 30.3 Å². The highest BCUT2D eigenvalue weighted by Crippen LogP contribution is 2.20. The fourth-order valence-electron chi connectivity index (χ4n) is 2.73. The molecule has 0 aromatic heterocycles. The molecular formula is C22H19N3O5. The van der Waals surface area contributed by atoms with Crippen molar-refractivity contribution < 1.29 is 19.2 Å². The summed E-state index contributed by atoms with van der Waals surface area (Å²) in [4.78, 5) is 35.2. The minimum absolute atomic E-state index is 0.133. The van der Waals surface area contributed by atoms with Crippen LogP contribution in [0.5, 0.6) is 5.75 Å². The second-order valence-corrected chi connectivity index (χ2v) is 6.46. The number of non-ortho nitro benzene ring substituents is 1. The minimum atomic E-state index is -0.546. The number of nitro groups is 1. The van der Waals surface area contributed by atoms with E-state index in [-0.39, 0.29) is 24.0 Å². The zero-order chi connectivity index (χ0) is 21.5. The summed E-state index contributed by atoms with van der Waals surface area (Å²) in [6, 6.07) is 19.5. The molecule has 8 heteroatoms. The lowest BCUT2D eigenvalue weighted by Crippen LogP contribution is -2.22. The van der Waals surface area contributed by atoms with E-state index in [2.05, 4.69) is 10.6 Å². The maximum atomic E-state index is 12.7. The second-order valence-electron chi connectivity index (χ2n) is 6.46. The number of ether oxygens (including phenoxy) is 1. The zero-order valence-corrected chi connectivity index (χ0v) is 16.1. The number of rotatable bonds is 7. The summed E-state index contributed by atoms with van der Waals surface area (Å²) in [7, 11) is 0. The Bertz CT molecular complexity index is 1100. The van der Waals surface area contributed by atoms with Gasteiger partial charge in [-0.25, -0.2) is 0 Å². The number of nitrogens with one attached hydrogen (secondary N) is 2. The molecule has 30 heavy (non-hydrogen) atoms. The first-order valence-corrected chi connectivity index (χ1v) is 9.06. The van der Waals surface area contributed by atoms with Gasteiger partial charge in [0.05, 0.1) is 22.2 Å². The van der Waals surface area contributed by atoms with Crippen LogP contribution in [0.4, 0.5) is 17.1 Å². The Balaban J connectivity index is 1.65. The SMILES string of the molecule is Cc1cccc(NC(=O)c2ccccc2NC(=O)COc2cccc([N+](=O)[O-])c2)c1. The highest BCUT2D eigenvalue weighted by Gasteiger charge is 2.14. The largest absolute Gasteiger partial charge is 0.484 e. The summed E-state index contributed by atoms with van der Waals surface area (Å²) in [6.45, 7) is 1.56. The molecule has 0 aliphatic carbocycles. The summed E-state index contributed by atoms with van der Waals surface area (Å²) < 4.78 is 5.32.